The molecular formula is C13H21N3O3S. The highest BCUT2D eigenvalue weighted by molar-refractivity contribution is 7.09. The minimum absolute atomic E-state index is 0.184. The van der Waals surface area contributed by atoms with Crippen LogP contribution in [0.25, 0.3) is 0 Å². The molecule has 0 aliphatic rings. The van der Waals surface area contributed by atoms with Gasteiger partial charge >= 0.3 is 12.0 Å². The number of rotatable bonds is 9. The molecule has 0 spiro atoms. The molecule has 20 heavy (non-hydrogen) atoms. The summed E-state index contributed by atoms with van der Waals surface area (Å²) in [5, 5.41) is 17.0. The minimum atomic E-state index is -0.770. The molecule has 7 heteroatoms. The maximum Gasteiger partial charge on any atom is 0.314 e. The number of urea groups is 1. The van der Waals surface area contributed by atoms with Gasteiger partial charge in [-0.1, -0.05) is 6.42 Å². The maximum absolute atomic E-state index is 11.4. The van der Waals surface area contributed by atoms with Gasteiger partial charge in [-0.3, -0.25) is 4.79 Å². The number of carboxylic acids is 1. The topological polar surface area (TPSA) is 91.3 Å². The summed E-state index contributed by atoms with van der Waals surface area (Å²) in [6.45, 7) is 3.09. The Morgan fingerprint density at radius 3 is 2.65 bits per heavy atom. The monoisotopic (exact) mass is 299 g/mol. The molecule has 1 rings (SSSR count). The van der Waals surface area contributed by atoms with Crippen molar-refractivity contribution in [1.29, 1.82) is 0 Å². The number of aromatic nitrogens is 1. The van der Waals surface area contributed by atoms with Gasteiger partial charge in [-0.2, -0.15) is 0 Å². The van der Waals surface area contributed by atoms with Crippen LogP contribution in [0.3, 0.4) is 0 Å². The molecule has 3 N–H and O–H groups in total. The van der Waals surface area contributed by atoms with Gasteiger partial charge in [0.2, 0.25) is 0 Å². The predicted molar refractivity (Wildman–Crippen MR) is 78.1 cm³/mol. The third kappa shape index (κ3) is 7.73. The van der Waals surface area contributed by atoms with Crippen LogP contribution in [0.1, 0.15) is 36.4 Å². The molecule has 0 saturated heterocycles. The quantitative estimate of drug-likeness (QED) is 0.608. The van der Waals surface area contributed by atoms with E-state index in [0.717, 1.165) is 30.0 Å². The predicted octanol–water partition coefficient (Wildman–Crippen LogP) is 1.94. The number of aryl methyl sites for hydroxylation is 1. The summed E-state index contributed by atoms with van der Waals surface area (Å²) in [7, 11) is 0. The Labute approximate surface area is 122 Å². The van der Waals surface area contributed by atoms with E-state index in [9.17, 15) is 9.59 Å². The Kier molecular flexibility index (Phi) is 7.64. The first kappa shape index (κ1) is 16.4. The summed E-state index contributed by atoms with van der Waals surface area (Å²) in [5.74, 6) is -0.770. The summed E-state index contributed by atoms with van der Waals surface area (Å²) in [5.41, 5.74) is 1.01. The molecule has 1 heterocycles. The lowest BCUT2D eigenvalue weighted by Crippen LogP contribution is -2.37. The van der Waals surface area contributed by atoms with Crippen LogP contribution >= 0.6 is 11.3 Å². The van der Waals surface area contributed by atoms with E-state index in [4.69, 9.17) is 5.11 Å². The molecule has 0 radical (unpaired) electrons. The summed E-state index contributed by atoms with van der Waals surface area (Å²) >= 11 is 1.60. The molecule has 0 aliphatic carbocycles. The van der Waals surface area contributed by atoms with Crippen molar-refractivity contribution in [3.8, 4) is 0 Å². The van der Waals surface area contributed by atoms with Gasteiger partial charge < -0.3 is 15.7 Å². The van der Waals surface area contributed by atoms with Gasteiger partial charge in [0.1, 0.15) is 0 Å². The first-order valence-electron chi connectivity index (χ1n) is 6.72. The van der Waals surface area contributed by atoms with E-state index in [1.165, 1.54) is 0 Å². The van der Waals surface area contributed by atoms with Crippen molar-refractivity contribution >= 4 is 23.3 Å². The van der Waals surface area contributed by atoms with E-state index in [1.807, 2.05) is 12.3 Å². The summed E-state index contributed by atoms with van der Waals surface area (Å²) in [6.07, 6.45) is 3.20. The van der Waals surface area contributed by atoms with Crippen molar-refractivity contribution in [2.24, 2.45) is 0 Å². The molecule has 112 valence electrons. The zero-order chi connectivity index (χ0) is 14.8. The number of hydrogen-bond acceptors (Lipinski definition) is 4. The zero-order valence-corrected chi connectivity index (χ0v) is 12.5. The van der Waals surface area contributed by atoms with Gasteiger partial charge in [0.15, 0.2) is 0 Å². The van der Waals surface area contributed by atoms with Crippen LogP contribution in [0, 0.1) is 6.92 Å². The van der Waals surface area contributed by atoms with Crippen LogP contribution in [0.5, 0.6) is 0 Å². The number of carbonyl (C=O) groups excluding carboxylic acids is 1. The number of amides is 2. The molecule has 1 aromatic rings. The van der Waals surface area contributed by atoms with E-state index in [-0.39, 0.29) is 12.5 Å². The molecular weight excluding hydrogens is 278 g/mol. The van der Waals surface area contributed by atoms with E-state index in [0.29, 0.717) is 19.5 Å². The molecule has 0 fully saturated rings. The lowest BCUT2D eigenvalue weighted by molar-refractivity contribution is -0.137. The number of nitrogens with one attached hydrogen (secondary N) is 2. The third-order valence-electron chi connectivity index (χ3n) is 2.64. The van der Waals surface area contributed by atoms with Crippen molar-refractivity contribution in [3.05, 3.63) is 16.1 Å². The number of hydrogen-bond donors (Lipinski definition) is 3. The molecule has 0 aliphatic heterocycles. The smallest absolute Gasteiger partial charge is 0.314 e. The largest absolute Gasteiger partial charge is 0.481 e. The molecule has 0 atom stereocenters. The van der Waals surface area contributed by atoms with E-state index in [2.05, 4.69) is 15.6 Å². The highest BCUT2D eigenvalue weighted by Gasteiger charge is 2.02. The molecule has 0 saturated carbocycles. The van der Waals surface area contributed by atoms with Crippen LogP contribution < -0.4 is 10.6 Å². The standard InChI is InChI=1S/C13H21N3O3S/c1-10-9-20-11(16-10)6-8-15-13(19)14-7-4-2-3-5-12(17)18/h9H,2-8H2,1H3,(H,17,18)(H2,14,15,19). The average molecular weight is 299 g/mol. The molecule has 0 bridgehead atoms. The van der Waals surface area contributed by atoms with E-state index in [1.54, 1.807) is 11.3 Å². The van der Waals surface area contributed by atoms with Gasteiger partial charge in [-0.15, -0.1) is 11.3 Å². The molecule has 0 aromatic carbocycles. The Balaban J connectivity index is 1.96. The van der Waals surface area contributed by atoms with Gasteiger partial charge in [-0.25, -0.2) is 9.78 Å². The minimum Gasteiger partial charge on any atom is -0.481 e. The van der Waals surface area contributed by atoms with Gasteiger partial charge in [0.25, 0.3) is 0 Å². The fraction of sp³-hybridized carbons (Fsp3) is 0.615. The van der Waals surface area contributed by atoms with Crippen molar-refractivity contribution in [1.82, 2.24) is 15.6 Å². The Hall–Kier alpha value is -1.63. The van der Waals surface area contributed by atoms with Crippen LogP contribution in [0.4, 0.5) is 4.79 Å². The number of carboxylic acid groups (broad SMARTS) is 1. The van der Waals surface area contributed by atoms with Gasteiger partial charge in [0.05, 0.1) is 5.01 Å². The molecule has 6 nitrogen and oxygen atoms in total. The van der Waals surface area contributed by atoms with Gasteiger partial charge in [-0.05, 0) is 19.8 Å². The normalized spacial score (nSPS) is 10.2. The number of aliphatic carboxylic acids is 1. The van der Waals surface area contributed by atoms with Crippen molar-refractivity contribution in [2.75, 3.05) is 13.1 Å². The number of unbranched alkanes of at least 4 members (excludes halogenated alkanes) is 2. The fourth-order valence-electron chi connectivity index (χ4n) is 1.64. The lowest BCUT2D eigenvalue weighted by Gasteiger charge is -2.06. The maximum atomic E-state index is 11.4. The van der Waals surface area contributed by atoms with Crippen LogP contribution in [0.15, 0.2) is 5.38 Å². The molecule has 1 aromatic heterocycles. The van der Waals surface area contributed by atoms with Crippen LogP contribution in [-0.2, 0) is 11.2 Å². The molecule has 2 amide bonds. The van der Waals surface area contributed by atoms with Crippen molar-refractivity contribution < 1.29 is 14.7 Å². The molecule has 0 unspecified atom stereocenters. The second kappa shape index (κ2) is 9.30. The SMILES string of the molecule is Cc1csc(CCNC(=O)NCCCCCC(=O)O)n1. The highest BCUT2D eigenvalue weighted by atomic mass is 32.1. The van der Waals surface area contributed by atoms with E-state index < -0.39 is 5.97 Å². The number of nitrogens with zero attached hydrogens (tertiary/aromatic N) is 1. The Morgan fingerprint density at radius 1 is 1.25 bits per heavy atom. The average Bonchev–Trinajstić information content (AvgIpc) is 2.79. The van der Waals surface area contributed by atoms with Crippen molar-refractivity contribution in [2.45, 2.75) is 39.0 Å². The number of thiazole rings is 1. The second-order valence-corrected chi connectivity index (χ2v) is 5.46. The first-order chi connectivity index (χ1) is 9.58. The third-order valence-corrected chi connectivity index (χ3v) is 3.67. The number of carbonyl (C=O) groups is 2. The van der Waals surface area contributed by atoms with Crippen molar-refractivity contribution in [3.63, 3.8) is 0 Å². The summed E-state index contributed by atoms with van der Waals surface area (Å²) < 4.78 is 0. The van der Waals surface area contributed by atoms with Gasteiger partial charge in [0, 0.05) is 37.0 Å². The Morgan fingerprint density at radius 2 is 2.00 bits per heavy atom. The lowest BCUT2D eigenvalue weighted by atomic mass is 10.2. The Bertz CT molecular complexity index is 434. The van der Waals surface area contributed by atoms with Crippen LogP contribution in [0.2, 0.25) is 0 Å². The first-order valence-corrected chi connectivity index (χ1v) is 7.60. The summed E-state index contributed by atoms with van der Waals surface area (Å²) in [6, 6.07) is -0.184. The zero-order valence-electron chi connectivity index (χ0n) is 11.6. The highest BCUT2D eigenvalue weighted by Crippen LogP contribution is 2.08. The van der Waals surface area contributed by atoms with E-state index >= 15 is 0 Å². The van der Waals surface area contributed by atoms with Crippen LogP contribution in [-0.4, -0.2) is 35.2 Å². The fourth-order valence-corrected chi connectivity index (χ4v) is 2.42. The summed E-state index contributed by atoms with van der Waals surface area (Å²) in [4.78, 5) is 26.1. The second-order valence-electron chi connectivity index (χ2n) is 4.52.